The van der Waals surface area contributed by atoms with Gasteiger partial charge in [0.25, 0.3) is 0 Å². The molecule has 0 aromatic heterocycles. The Labute approximate surface area is 262 Å². The Morgan fingerprint density at radius 1 is 0.891 bits per heavy atom. The van der Waals surface area contributed by atoms with E-state index in [1.54, 1.807) is 26.8 Å². The number of amides is 1. The fourth-order valence-electron chi connectivity index (χ4n) is 5.90. The largest absolute Gasteiger partial charge is 0.459 e. The van der Waals surface area contributed by atoms with Gasteiger partial charge in [0.1, 0.15) is 18.0 Å². The molecule has 0 aliphatic carbocycles. The number of rotatable bonds is 8. The van der Waals surface area contributed by atoms with Crippen LogP contribution in [0.1, 0.15) is 59.6 Å². The van der Waals surface area contributed by atoms with Gasteiger partial charge >= 0.3 is 18.3 Å². The molecule has 3 aromatic rings. The second kappa shape index (κ2) is 13.4. The summed E-state index contributed by atoms with van der Waals surface area (Å²) in [7, 11) is 1.32. The number of carbonyl (C=O) groups excluding carboxylic acids is 2. The molecule has 0 radical (unpaired) electrons. The highest BCUT2D eigenvalue weighted by Gasteiger charge is 2.45. The number of esters is 1. The van der Waals surface area contributed by atoms with Crippen LogP contribution in [-0.4, -0.2) is 47.4 Å². The van der Waals surface area contributed by atoms with E-state index in [-0.39, 0.29) is 37.7 Å². The van der Waals surface area contributed by atoms with Crippen molar-refractivity contribution in [1.82, 2.24) is 9.80 Å². The van der Waals surface area contributed by atoms with E-state index in [4.69, 9.17) is 4.74 Å². The van der Waals surface area contributed by atoms with Crippen LogP contribution < -0.4 is 0 Å². The lowest BCUT2D eigenvalue weighted by molar-refractivity contribution is -0.159. The molecule has 5 nitrogen and oxygen atoms in total. The fourth-order valence-corrected chi connectivity index (χ4v) is 5.90. The van der Waals surface area contributed by atoms with Crippen molar-refractivity contribution in [3.63, 3.8) is 0 Å². The standard InChI is InChI=1S/C34H35F7N2O3/c1-21-14-26(35)10-11-27(21)29-19-43(32(2,3)31(45)46-20-22-8-6-5-7-9-22)13-12-28(29)30(44)42(4)18-23-15-24(33(36,37)38)17-25(16-23)34(39,40)41/h5-11,14-17,28-29H,12-13,18-20H2,1-4H3/t28-,29+/m1/s1. The quantitative estimate of drug-likeness (QED) is 0.185. The second-order valence-electron chi connectivity index (χ2n) is 12.2. The van der Waals surface area contributed by atoms with Gasteiger partial charge in [0.05, 0.1) is 11.1 Å². The lowest BCUT2D eigenvalue weighted by atomic mass is 9.77. The van der Waals surface area contributed by atoms with Gasteiger partial charge in [0.15, 0.2) is 0 Å². The number of halogens is 7. The number of aryl methyl sites for hydroxylation is 1. The Balaban J connectivity index is 1.59. The lowest BCUT2D eigenvalue weighted by Gasteiger charge is -2.45. The molecule has 0 unspecified atom stereocenters. The van der Waals surface area contributed by atoms with Crippen LogP contribution in [0.3, 0.4) is 0 Å². The molecule has 1 amide bonds. The number of piperidine rings is 1. The third kappa shape index (κ3) is 8.07. The number of likely N-dealkylation sites (tertiary alicyclic amines) is 1. The maximum absolute atomic E-state index is 14.1. The van der Waals surface area contributed by atoms with E-state index in [1.165, 1.54) is 19.2 Å². The maximum Gasteiger partial charge on any atom is 0.416 e. The van der Waals surface area contributed by atoms with E-state index in [0.29, 0.717) is 23.3 Å². The molecule has 1 aliphatic rings. The molecule has 1 saturated heterocycles. The van der Waals surface area contributed by atoms with Crippen LogP contribution in [0.4, 0.5) is 30.7 Å². The molecule has 0 saturated carbocycles. The van der Waals surface area contributed by atoms with Crippen LogP contribution >= 0.6 is 0 Å². The van der Waals surface area contributed by atoms with Gasteiger partial charge in [-0.15, -0.1) is 0 Å². The number of carbonyl (C=O) groups is 2. The van der Waals surface area contributed by atoms with E-state index >= 15 is 0 Å². The van der Waals surface area contributed by atoms with E-state index in [9.17, 15) is 40.3 Å². The summed E-state index contributed by atoms with van der Waals surface area (Å²) in [4.78, 5) is 30.1. The van der Waals surface area contributed by atoms with E-state index in [2.05, 4.69) is 0 Å². The molecule has 0 bridgehead atoms. The van der Waals surface area contributed by atoms with Crippen molar-refractivity contribution in [2.45, 2.75) is 64.2 Å². The minimum Gasteiger partial charge on any atom is -0.459 e. The first kappa shape index (κ1) is 34.9. The van der Waals surface area contributed by atoms with Gasteiger partial charge in [0.2, 0.25) is 5.91 Å². The molecule has 1 heterocycles. The molecule has 1 fully saturated rings. The Morgan fingerprint density at radius 3 is 2.07 bits per heavy atom. The molecule has 3 aromatic carbocycles. The van der Waals surface area contributed by atoms with Crippen molar-refractivity contribution in [3.05, 3.63) is 106 Å². The minimum atomic E-state index is -5.02. The van der Waals surface area contributed by atoms with Crippen molar-refractivity contribution >= 4 is 11.9 Å². The molecular formula is C34H35F7N2O3. The topological polar surface area (TPSA) is 49.9 Å². The van der Waals surface area contributed by atoms with Crippen molar-refractivity contribution < 1.29 is 45.1 Å². The van der Waals surface area contributed by atoms with Crippen molar-refractivity contribution in [3.8, 4) is 0 Å². The van der Waals surface area contributed by atoms with Gasteiger partial charge in [-0.05, 0) is 79.8 Å². The highest BCUT2D eigenvalue weighted by Crippen LogP contribution is 2.40. The third-order valence-electron chi connectivity index (χ3n) is 8.51. The van der Waals surface area contributed by atoms with Gasteiger partial charge in [-0.1, -0.05) is 36.4 Å². The SMILES string of the molecule is Cc1cc(F)ccc1[C@@H]1CN(C(C)(C)C(=O)OCc2ccccc2)CC[C@H]1C(=O)N(C)Cc1cc(C(F)(F)F)cc(C(F)(F)F)c1. The molecule has 46 heavy (non-hydrogen) atoms. The van der Waals surface area contributed by atoms with Crippen LogP contribution in [0, 0.1) is 18.7 Å². The van der Waals surface area contributed by atoms with Gasteiger partial charge in [0, 0.05) is 38.5 Å². The monoisotopic (exact) mass is 652 g/mol. The Hall–Kier alpha value is -3.93. The zero-order valence-corrected chi connectivity index (χ0v) is 25.8. The summed E-state index contributed by atoms with van der Waals surface area (Å²) < 4.78 is 100. The van der Waals surface area contributed by atoms with Gasteiger partial charge in [-0.3, -0.25) is 14.5 Å². The number of alkyl halides is 6. The highest BCUT2D eigenvalue weighted by molar-refractivity contribution is 5.81. The van der Waals surface area contributed by atoms with Crippen LogP contribution in [0.2, 0.25) is 0 Å². The highest BCUT2D eigenvalue weighted by atomic mass is 19.4. The average molecular weight is 653 g/mol. The van der Waals surface area contributed by atoms with Crippen LogP contribution in [0.25, 0.3) is 0 Å². The molecule has 0 N–H and O–H groups in total. The summed E-state index contributed by atoms with van der Waals surface area (Å²) in [6, 6.07) is 14.5. The number of ether oxygens (including phenoxy) is 1. The van der Waals surface area contributed by atoms with Gasteiger partial charge < -0.3 is 9.64 Å². The summed E-state index contributed by atoms with van der Waals surface area (Å²) in [5.74, 6) is -2.79. The molecule has 248 valence electrons. The minimum absolute atomic E-state index is 0.0427. The summed E-state index contributed by atoms with van der Waals surface area (Å²) in [6.45, 7) is 5.11. The fraction of sp³-hybridized carbons (Fsp3) is 0.412. The molecular weight excluding hydrogens is 617 g/mol. The number of benzene rings is 3. The molecule has 4 rings (SSSR count). The smallest absolute Gasteiger partial charge is 0.416 e. The van der Waals surface area contributed by atoms with Crippen LogP contribution in [-0.2, 0) is 39.8 Å². The van der Waals surface area contributed by atoms with E-state index < -0.39 is 65.1 Å². The molecule has 0 spiro atoms. The van der Waals surface area contributed by atoms with E-state index in [1.807, 2.05) is 35.2 Å². The van der Waals surface area contributed by atoms with E-state index in [0.717, 1.165) is 10.5 Å². The number of nitrogens with zero attached hydrogens (tertiary/aromatic N) is 2. The normalized spacial score (nSPS) is 17.9. The summed E-state index contributed by atoms with van der Waals surface area (Å²) in [6.07, 6.45) is -9.83. The zero-order chi connectivity index (χ0) is 34.0. The predicted molar refractivity (Wildman–Crippen MR) is 157 cm³/mol. The van der Waals surface area contributed by atoms with Crippen molar-refractivity contribution in [2.75, 3.05) is 20.1 Å². The summed E-state index contributed by atoms with van der Waals surface area (Å²) in [5, 5.41) is 0. The first-order valence-electron chi connectivity index (χ1n) is 14.6. The predicted octanol–water partition coefficient (Wildman–Crippen LogP) is 7.76. The average Bonchev–Trinajstić information content (AvgIpc) is 2.98. The number of hydrogen-bond donors (Lipinski definition) is 0. The summed E-state index contributed by atoms with van der Waals surface area (Å²) >= 11 is 0. The van der Waals surface area contributed by atoms with Crippen LogP contribution in [0.15, 0.2) is 66.7 Å². The van der Waals surface area contributed by atoms with Gasteiger partial charge in [-0.25, -0.2) is 4.39 Å². The second-order valence-corrected chi connectivity index (χ2v) is 12.2. The molecule has 2 atom stereocenters. The molecule has 12 heteroatoms. The van der Waals surface area contributed by atoms with Crippen molar-refractivity contribution in [2.24, 2.45) is 5.92 Å². The first-order valence-corrected chi connectivity index (χ1v) is 14.6. The summed E-state index contributed by atoms with van der Waals surface area (Å²) in [5.41, 5.74) is -2.36. The van der Waals surface area contributed by atoms with Crippen LogP contribution in [0.5, 0.6) is 0 Å². The van der Waals surface area contributed by atoms with Crippen molar-refractivity contribution in [1.29, 1.82) is 0 Å². The lowest BCUT2D eigenvalue weighted by Crippen LogP contribution is -2.57. The molecule has 1 aliphatic heterocycles. The Morgan fingerprint density at radius 2 is 1.50 bits per heavy atom. The maximum atomic E-state index is 14.1. The Bertz CT molecular complexity index is 1520. The Kier molecular flexibility index (Phi) is 10.2. The zero-order valence-electron chi connectivity index (χ0n) is 25.8. The van der Waals surface area contributed by atoms with Gasteiger partial charge in [-0.2, -0.15) is 26.3 Å². The first-order chi connectivity index (χ1) is 21.4. The third-order valence-corrected chi connectivity index (χ3v) is 8.51. The number of hydrogen-bond acceptors (Lipinski definition) is 4.